The number of thiophene rings is 1. The normalized spacial score (nSPS) is 15.2. The van der Waals surface area contributed by atoms with Crippen LogP contribution in [0.2, 0.25) is 0 Å². The molecule has 0 saturated carbocycles. The summed E-state index contributed by atoms with van der Waals surface area (Å²) in [7, 11) is 3.50. The van der Waals surface area contributed by atoms with Crippen molar-refractivity contribution >= 4 is 34.0 Å². The van der Waals surface area contributed by atoms with Crippen LogP contribution < -0.4 is 10.1 Å². The molecule has 31 heavy (non-hydrogen) atoms. The molecule has 4 rings (SSSR count). The molecule has 0 fully saturated rings. The van der Waals surface area contributed by atoms with Gasteiger partial charge in [0.05, 0.1) is 18.4 Å². The fourth-order valence-electron chi connectivity index (χ4n) is 3.70. The second kappa shape index (κ2) is 9.12. The zero-order chi connectivity index (χ0) is 22.0. The Hall–Kier alpha value is -2.83. The first-order valence-electron chi connectivity index (χ1n) is 10.0. The highest BCUT2D eigenvalue weighted by atomic mass is 32.2. The van der Waals surface area contributed by atoms with E-state index < -0.39 is 0 Å². The molecule has 3 aromatic rings. The van der Waals surface area contributed by atoms with Crippen molar-refractivity contribution in [2.75, 3.05) is 18.2 Å². The molecule has 1 aromatic carbocycles. The Morgan fingerprint density at radius 3 is 3.06 bits per heavy atom. The van der Waals surface area contributed by atoms with Gasteiger partial charge in [-0.15, -0.1) is 21.5 Å². The van der Waals surface area contributed by atoms with Gasteiger partial charge in [-0.25, -0.2) is 0 Å². The maximum Gasteiger partial charge on any atom is 0.235 e. The number of nitrogens with zero attached hydrogens (tertiary/aromatic N) is 4. The zero-order valence-electron chi connectivity index (χ0n) is 17.6. The number of hydrogen-bond donors (Lipinski definition) is 1. The number of nitrogens with one attached hydrogen (secondary N) is 1. The lowest BCUT2D eigenvalue weighted by Gasteiger charge is -2.17. The van der Waals surface area contributed by atoms with Crippen molar-refractivity contribution in [2.45, 2.75) is 31.3 Å². The Labute approximate surface area is 189 Å². The molecule has 2 heterocycles. The van der Waals surface area contributed by atoms with Crippen LogP contribution in [-0.4, -0.2) is 33.5 Å². The number of nitriles is 1. The van der Waals surface area contributed by atoms with Crippen LogP contribution in [0.15, 0.2) is 29.4 Å². The summed E-state index contributed by atoms with van der Waals surface area (Å²) in [6.07, 6.45) is 2.97. The highest BCUT2D eigenvalue weighted by Crippen LogP contribution is 2.39. The van der Waals surface area contributed by atoms with Crippen LogP contribution in [0.1, 0.15) is 29.3 Å². The molecule has 1 N–H and O–H groups in total. The molecular formula is C22H23N5O2S2. The van der Waals surface area contributed by atoms with Crippen LogP contribution >= 0.6 is 23.1 Å². The molecule has 1 amide bonds. The third-order valence-electron chi connectivity index (χ3n) is 5.37. The Morgan fingerprint density at radius 1 is 1.45 bits per heavy atom. The number of carbonyl (C=O) groups is 1. The van der Waals surface area contributed by atoms with Gasteiger partial charge in [-0.2, -0.15) is 5.26 Å². The van der Waals surface area contributed by atoms with E-state index in [-0.39, 0.29) is 11.7 Å². The number of benzene rings is 1. The van der Waals surface area contributed by atoms with Crippen molar-refractivity contribution in [3.63, 3.8) is 0 Å². The summed E-state index contributed by atoms with van der Waals surface area (Å²) in [6.45, 7) is 2.23. The average molecular weight is 454 g/mol. The first-order valence-corrected chi connectivity index (χ1v) is 11.8. The highest BCUT2D eigenvalue weighted by molar-refractivity contribution is 7.99. The molecule has 9 heteroatoms. The summed E-state index contributed by atoms with van der Waals surface area (Å²) in [5.41, 5.74) is 2.64. The predicted octanol–water partition coefficient (Wildman–Crippen LogP) is 4.28. The molecule has 1 aliphatic carbocycles. The molecule has 0 saturated heterocycles. The molecule has 2 aromatic heterocycles. The number of anilines is 1. The van der Waals surface area contributed by atoms with Crippen molar-refractivity contribution in [3.8, 4) is 23.2 Å². The Bertz CT molecular complexity index is 1160. The molecular weight excluding hydrogens is 430 g/mol. The summed E-state index contributed by atoms with van der Waals surface area (Å²) >= 11 is 2.86. The van der Waals surface area contributed by atoms with Gasteiger partial charge in [0.2, 0.25) is 5.91 Å². The lowest BCUT2D eigenvalue weighted by molar-refractivity contribution is -0.113. The fourth-order valence-corrected chi connectivity index (χ4v) is 5.79. The summed E-state index contributed by atoms with van der Waals surface area (Å²) < 4.78 is 7.14. The minimum absolute atomic E-state index is 0.154. The minimum atomic E-state index is -0.154. The SMILES string of the molecule is COc1cccc(-c2nnc(SCC(=O)Nc3sc4c(c3C#N)CCC(C)C4)n2C)c1. The quantitative estimate of drug-likeness (QED) is 0.560. The van der Waals surface area contributed by atoms with E-state index in [0.29, 0.717) is 27.5 Å². The molecule has 1 atom stereocenters. The van der Waals surface area contributed by atoms with Gasteiger partial charge >= 0.3 is 0 Å². The maximum atomic E-state index is 12.6. The molecule has 160 valence electrons. The lowest BCUT2D eigenvalue weighted by atomic mass is 9.89. The van der Waals surface area contributed by atoms with Gasteiger partial charge in [-0.1, -0.05) is 30.8 Å². The van der Waals surface area contributed by atoms with E-state index in [1.54, 1.807) is 7.11 Å². The van der Waals surface area contributed by atoms with Crippen molar-refractivity contribution in [2.24, 2.45) is 13.0 Å². The average Bonchev–Trinajstić information content (AvgIpc) is 3.31. The van der Waals surface area contributed by atoms with Gasteiger partial charge in [-0.05, 0) is 42.9 Å². The van der Waals surface area contributed by atoms with Gasteiger partial charge in [0, 0.05) is 17.5 Å². The van der Waals surface area contributed by atoms with E-state index in [1.807, 2.05) is 35.9 Å². The summed E-state index contributed by atoms with van der Waals surface area (Å²) in [5, 5.41) is 22.4. The summed E-state index contributed by atoms with van der Waals surface area (Å²) in [5.74, 6) is 2.10. The molecule has 7 nitrogen and oxygen atoms in total. The fraction of sp³-hybridized carbons (Fsp3) is 0.364. The van der Waals surface area contributed by atoms with E-state index in [2.05, 4.69) is 28.5 Å². The van der Waals surface area contributed by atoms with E-state index in [4.69, 9.17) is 4.74 Å². The smallest absolute Gasteiger partial charge is 0.235 e. The van der Waals surface area contributed by atoms with E-state index >= 15 is 0 Å². The number of methoxy groups -OCH3 is 1. The number of rotatable bonds is 6. The van der Waals surface area contributed by atoms with Crippen molar-refractivity contribution in [3.05, 3.63) is 40.3 Å². The maximum absolute atomic E-state index is 12.6. The molecule has 0 spiro atoms. The van der Waals surface area contributed by atoms with Gasteiger partial charge in [0.25, 0.3) is 0 Å². The second-order valence-electron chi connectivity index (χ2n) is 7.60. The third kappa shape index (κ3) is 4.45. The standard InChI is InChI=1S/C22H23N5O2S2/c1-13-7-8-16-17(11-23)21(31-18(16)9-13)24-19(28)12-30-22-26-25-20(27(22)2)14-5-4-6-15(10-14)29-3/h4-6,10,13H,7-9,12H2,1-3H3,(H,24,28). The molecule has 1 aliphatic rings. The number of fused-ring (bicyclic) bond motifs is 1. The first-order chi connectivity index (χ1) is 15.0. The van der Waals surface area contributed by atoms with E-state index in [9.17, 15) is 10.1 Å². The van der Waals surface area contributed by atoms with Crippen molar-refractivity contribution in [1.29, 1.82) is 5.26 Å². The van der Waals surface area contributed by atoms with Gasteiger partial charge in [0.1, 0.15) is 16.8 Å². The van der Waals surface area contributed by atoms with Gasteiger partial charge in [-0.3, -0.25) is 4.79 Å². The largest absolute Gasteiger partial charge is 0.497 e. The lowest BCUT2D eigenvalue weighted by Crippen LogP contribution is -2.14. The Balaban J connectivity index is 1.43. The number of aromatic nitrogens is 3. The monoisotopic (exact) mass is 453 g/mol. The summed E-state index contributed by atoms with van der Waals surface area (Å²) in [4.78, 5) is 13.8. The van der Waals surface area contributed by atoms with Gasteiger partial charge in [0.15, 0.2) is 11.0 Å². The number of hydrogen-bond acceptors (Lipinski definition) is 7. The highest BCUT2D eigenvalue weighted by Gasteiger charge is 2.24. The van der Waals surface area contributed by atoms with Crippen LogP contribution in [-0.2, 0) is 24.7 Å². The van der Waals surface area contributed by atoms with Crippen LogP contribution in [0.3, 0.4) is 0 Å². The zero-order valence-corrected chi connectivity index (χ0v) is 19.3. The molecule has 0 aliphatic heterocycles. The minimum Gasteiger partial charge on any atom is -0.497 e. The predicted molar refractivity (Wildman–Crippen MR) is 123 cm³/mol. The number of carbonyl (C=O) groups excluding carboxylic acids is 1. The topological polar surface area (TPSA) is 92.8 Å². The molecule has 1 unspecified atom stereocenters. The first kappa shape index (κ1) is 21.4. The van der Waals surface area contributed by atoms with Gasteiger partial charge < -0.3 is 14.6 Å². The third-order valence-corrected chi connectivity index (χ3v) is 7.56. The van der Waals surface area contributed by atoms with Crippen molar-refractivity contribution in [1.82, 2.24) is 14.8 Å². The molecule has 0 bridgehead atoms. The Kier molecular flexibility index (Phi) is 6.30. The van der Waals surface area contributed by atoms with E-state index in [0.717, 1.165) is 36.1 Å². The summed E-state index contributed by atoms with van der Waals surface area (Å²) in [6, 6.07) is 9.90. The van der Waals surface area contributed by atoms with Crippen LogP contribution in [0.5, 0.6) is 5.75 Å². The van der Waals surface area contributed by atoms with Crippen LogP contribution in [0, 0.1) is 17.2 Å². The molecule has 0 radical (unpaired) electrons. The number of amides is 1. The van der Waals surface area contributed by atoms with E-state index in [1.165, 1.54) is 28.0 Å². The number of ether oxygens (including phenoxy) is 1. The van der Waals surface area contributed by atoms with Crippen molar-refractivity contribution < 1.29 is 9.53 Å². The van der Waals surface area contributed by atoms with Crippen LogP contribution in [0.25, 0.3) is 11.4 Å². The van der Waals surface area contributed by atoms with Crippen LogP contribution in [0.4, 0.5) is 5.00 Å². The Morgan fingerprint density at radius 2 is 2.29 bits per heavy atom. The number of thioether (sulfide) groups is 1. The second-order valence-corrected chi connectivity index (χ2v) is 9.65.